The topological polar surface area (TPSA) is 43.4 Å². The number of benzene rings is 1. The van der Waals surface area contributed by atoms with Crippen LogP contribution in [-0.4, -0.2) is 18.4 Å². The van der Waals surface area contributed by atoms with Gasteiger partial charge in [0.15, 0.2) is 0 Å². The van der Waals surface area contributed by atoms with Crippen molar-refractivity contribution in [3.05, 3.63) is 42.0 Å². The largest absolute Gasteiger partial charge is 0.296 e. The molecule has 1 aromatic rings. The Bertz CT molecular complexity index is 892. The Labute approximate surface area is 190 Å². The number of hydrogen-bond acceptors (Lipinski definition) is 3. The number of halogens is 1. The van der Waals surface area contributed by atoms with Crippen LogP contribution in [0.15, 0.2) is 46.9 Å². The molecular weight excluding hydrogens is 495 g/mol. The van der Waals surface area contributed by atoms with Crippen molar-refractivity contribution in [1.82, 2.24) is 0 Å². The fraction of sp³-hybridized carbons (Fsp3) is 0.667. The zero-order valence-corrected chi connectivity index (χ0v) is 20.8. The van der Waals surface area contributed by atoms with E-state index in [1.807, 2.05) is 6.07 Å². The first-order valence-corrected chi connectivity index (χ1v) is 13.4. The quantitative estimate of drug-likeness (QED) is 0.193. The third-order valence-electron chi connectivity index (χ3n) is 7.95. The molecule has 0 spiro atoms. The lowest BCUT2D eigenvalue weighted by Gasteiger charge is -2.59. The average Bonchev–Trinajstić information content (AvgIpc) is 2.66. The Morgan fingerprint density at radius 3 is 2.55 bits per heavy atom. The molecule has 29 heavy (non-hydrogen) atoms. The molecule has 3 aliphatic rings. The minimum absolute atomic E-state index is 0.105. The highest BCUT2D eigenvalue weighted by Gasteiger charge is 2.55. The second kappa shape index (κ2) is 7.63. The maximum absolute atomic E-state index is 12.7. The van der Waals surface area contributed by atoms with E-state index in [9.17, 15) is 8.42 Å². The zero-order chi connectivity index (χ0) is 20.9. The van der Waals surface area contributed by atoms with Crippen molar-refractivity contribution in [3.63, 3.8) is 0 Å². The van der Waals surface area contributed by atoms with Crippen molar-refractivity contribution in [2.45, 2.75) is 74.0 Å². The molecule has 0 heterocycles. The van der Waals surface area contributed by atoms with Gasteiger partial charge in [0.2, 0.25) is 0 Å². The molecule has 2 fully saturated rings. The Morgan fingerprint density at radius 1 is 1.10 bits per heavy atom. The summed E-state index contributed by atoms with van der Waals surface area (Å²) in [5.74, 6) is 1.18. The summed E-state index contributed by atoms with van der Waals surface area (Å²) < 4.78 is 31.5. The third kappa shape index (κ3) is 4.08. The van der Waals surface area contributed by atoms with Gasteiger partial charge in [-0.2, -0.15) is 8.42 Å². The van der Waals surface area contributed by atoms with Gasteiger partial charge >= 0.3 is 0 Å². The fourth-order valence-corrected chi connectivity index (χ4v) is 8.35. The fourth-order valence-electron chi connectivity index (χ4n) is 6.55. The van der Waals surface area contributed by atoms with E-state index >= 15 is 0 Å². The van der Waals surface area contributed by atoms with Crippen molar-refractivity contribution in [2.24, 2.45) is 22.7 Å². The molecule has 3 aliphatic carbocycles. The molecule has 0 N–H and O–H groups in total. The van der Waals surface area contributed by atoms with Gasteiger partial charge in [0.25, 0.3) is 10.1 Å². The molecule has 0 bridgehead atoms. The Morgan fingerprint density at radius 2 is 1.83 bits per heavy atom. The van der Waals surface area contributed by atoms with Crippen molar-refractivity contribution >= 4 is 32.7 Å². The highest BCUT2D eigenvalue weighted by Crippen LogP contribution is 2.63. The standard InChI is InChI=1S/C24H33IO3S/c1-22(17-28-29(26,27)19-8-5-4-6-9-19)13-7-14-24(3)20-12-15-23(2,25)16-18(20)10-11-21(22)24/h4-6,8-9,12,18,21H,7,10-11,13-17H2,1-3H3/t18?,21?,22-,23-,24-/m0/s1. The van der Waals surface area contributed by atoms with E-state index in [4.69, 9.17) is 4.18 Å². The smallest absolute Gasteiger partial charge is 0.266 e. The molecular formula is C24H33IO3S. The Kier molecular flexibility index (Phi) is 5.74. The van der Waals surface area contributed by atoms with Gasteiger partial charge in [0.1, 0.15) is 0 Å². The van der Waals surface area contributed by atoms with Crippen LogP contribution < -0.4 is 0 Å². The summed E-state index contributed by atoms with van der Waals surface area (Å²) in [6, 6.07) is 8.54. The maximum atomic E-state index is 12.7. The van der Waals surface area contributed by atoms with Gasteiger partial charge in [-0.25, -0.2) is 0 Å². The first-order chi connectivity index (χ1) is 13.6. The lowest BCUT2D eigenvalue weighted by Crippen LogP contribution is -2.51. The summed E-state index contributed by atoms with van der Waals surface area (Å²) in [5.41, 5.74) is 1.74. The van der Waals surface area contributed by atoms with Crippen LogP contribution >= 0.6 is 22.6 Å². The number of fused-ring (bicyclic) bond motifs is 3. The molecule has 2 unspecified atom stereocenters. The number of alkyl halides is 1. The van der Waals surface area contributed by atoms with E-state index in [-0.39, 0.29) is 22.3 Å². The maximum Gasteiger partial charge on any atom is 0.296 e. The molecule has 1 aromatic carbocycles. The van der Waals surface area contributed by atoms with Crippen molar-refractivity contribution in [3.8, 4) is 0 Å². The van der Waals surface area contributed by atoms with Crippen LogP contribution in [0.5, 0.6) is 0 Å². The molecule has 0 radical (unpaired) electrons. The summed E-state index contributed by atoms with van der Waals surface area (Å²) in [4.78, 5) is 0.252. The van der Waals surface area contributed by atoms with E-state index in [1.54, 1.807) is 29.8 Å². The van der Waals surface area contributed by atoms with Gasteiger partial charge in [0.05, 0.1) is 11.5 Å². The van der Waals surface area contributed by atoms with Crippen LogP contribution in [0.3, 0.4) is 0 Å². The predicted octanol–water partition coefficient (Wildman–Crippen LogP) is 6.53. The van der Waals surface area contributed by atoms with Crippen molar-refractivity contribution in [2.75, 3.05) is 6.61 Å². The number of hydrogen-bond donors (Lipinski definition) is 0. The van der Waals surface area contributed by atoms with Crippen LogP contribution in [0.4, 0.5) is 0 Å². The second-order valence-electron chi connectivity index (χ2n) is 10.3. The van der Waals surface area contributed by atoms with E-state index in [0.717, 1.165) is 19.3 Å². The lowest BCUT2D eigenvalue weighted by atomic mass is 9.47. The molecule has 5 atom stereocenters. The molecule has 3 nitrogen and oxygen atoms in total. The summed E-state index contributed by atoms with van der Waals surface area (Å²) in [5, 5.41) is 0. The molecule has 0 amide bonds. The van der Waals surface area contributed by atoms with E-state index in [1.165, 1.54) is 25.7 Å². The summed E-state index contributed by atoms with van der Waals surface area (Å²) in [7, 11) is -3.71. The van der Waals surface area contributed by atoms with Crippen LogP contribution in [-0.2, 0) is 14.3 Å². The van der Waals surface area contributed by atoms with Crippen LogP contribution in [0.2, 0.25) is 0 Å². The van der Waals surface area contributed by atoms with E-state index in [2.05, 4.69) is 49.4 Å². The molecule has 0 saturated heterocycles. The van der Waals surface area contributed by atoms with Gasteiger partial charge in [-0.3, -0.25) is 4.18 Å². The molecule has 160 valence electrons. The summed E-state index contributed by atoms with van der Waals surface area (Å²) >= 11 is 2.64. The first-order valence-electron chi connectivity index (χ1n) is 10.9. The average molecular weight is 528 g/mol. The minimum Gasteiger partial charge on any atom is -0.266 e. The minimum atomic E-state index is -3.71. The van der Waals surface area contributed by atoms with E-state index in [0.29, 0.717) is 15.3 Å². The summed E-state index contributed by atoms with van der Waals surface area (Å²) in [6.45, 7) is 7.38. The van der Waals surface area contributed by atoms with Gasteiger partial charge < -0.3 is 0 Å². The Hall–Kier alpha value is -0.400. The first kappa shape index (κ1) is 21.8. The number of rotatable bonds is 4. The van der Waals surface area contributed by atoms with Crippen molar-refractivity contribution < 1.29 is 12.6 Å². The molecule has 5 heteroatoms. The third-order valence-corrected chi connectivity index (χ3v) is 10.1. The van der Waals surface area contributed by atoms with Crippen LogP contribution in [0.1, 0.15) is 65.7 Å². The molecule has 4 rings (SSSR count). The van der Waals surface area contributed by atoms with Gasteiger partial charge in [-0.05, 0) is 73.3 Å². The monoisotopic (exact) mass is 528 g/mol. The zero-order valence-electron chi connectivity index (χ0n) is 17.8. The van der Waals surface area contributed by atoms with Gasteiger partial charge in [-0.15, -0.1) is 0 Å². The van der Waals surface area contributed by atoms with Crippen LogP contribution in [0, 0.1) is 22.7 Å². The lowest BCUT2D eigenvalue weighted by molar-refractivity contribution is -0.0468. The summed E-state index contributed by atoms with van der Waals surface area (Å²) in [6.07, 6.45) is 10.8. The van der Waals surface area contributed by atoms with Gasteiger partial charge in [0, 0.05) is 3.42 Å². The molecule has 0 aromatic heterocycles. The highest BCUT2D eigenvalue weighted by molar-refractivity contribution is 14.1. The normalized spacial score (nSPS) is 39.9. The van der Waals surface area contributed by atoms with Crippen molar-refractivity contribution in [1.29, 1.82) is 0 Å². The SMILES string of the molecule is C[C@]1(I)CC=C2C(CCC3[C@](C)(COS(=O)(=O)c4ccccc4)CCC[C@@]23C)C1. The predicted molar refractivity (Wildman–Crippen MR) is 126 cm³/mol. The molecule has 2 saturated carbocycles. The van der Waals surface area contributed by atoms with Crippen LogP contribution in [0.25, 0.3) is 0 Å². The van der Waals surface area contributed by atoms with Gasteiger partial charge in [-0.1, -0.05) is 79.6 Å². The highest BCUT2D eigenvalue weighted by atomic mass is 127. The number of allylic oxidation sites excluding steroid dienone is 2. The Balaban J connectivity index is 1.57. The second-order valence-corrected chi connectivity index (χ2v) is 14.5. The molecule has 0 aliphatic heterocycles. The van der Waals surface area contributed by atoms with E-state index < -0.39 is 10.1 Å².